The minimum Gasteiger partial charge on any atom is -0.399 e. The maximum Gasteiger partial charge on any atom is 0.0722 e. The van der Waals surface area contributed by atoms with E-state index in [1.807, 2.05) is 6.07 Å². The lowest BCUT2D eigenvalue weighted by Crippen LogP contribution is -1.89. The van der Waals surface area contributed by atoms with Crippen LogP contribution >= 0.6 is 0 Å². The van der Waals surface area contributed by atoms with Crippen LogP contribution in [0.5, 0.6) is 0 Å². The number of nitrogen functional groups attached to an aromatic ring is 1. The van der Waals surface area contributed by atoms with Gasteiger partial charge in [0.05, 0.1) is 5.69 Å². The van der Waals surface area contributed by atoms with Crippen molar-refractivity contribution in [1.82, 2.24) is 4.98 Å². The van der Waals surface area contributed by atoms with E-state index in [-0.39, 0.29) is 0 Å². The van der Waals surface area contributed by atoms with Gasteiger partial charge in [-0.15, -0.1) is 0 Å². The highest BCUT2D eigenvalue weighted by atomic mass is 14.7. The molecule has 76 valence electrons. The van der Waals surface area contributed by atoms with Crippen molar-refractivity contribution >= 4 is 5.69 Å². The van der Waals surface area contributed by atoms with Crippen LogP contribution in [0.15, 0.2) is 36.5 Å². The van der Waals surface area contributed by atoms with Gasteiger partial charge in [-0.2, -0.15) is 0 Å². The molecule has 0 unspecified atom stereocenters. The SMILES string of the molecule is Cc1cc(C)cc(-c2cc(N)ccn2)c1. The third-order valence-corrected chi connectivity index (χ3v) is 2.30. The monoisotopic (exact) mass is 198 g/mol. The molecular weight excluding hydrogens is 184 g/mol. The van der Waals surface area contributed by atoms with Gasteiger partial charge >= 0.3 is 0 Å². The molecule has 1 aromatic heterocycles. The van der Waals surface area contributed by atoms with Crippen molar-refractivity contribution in [3.05, 3.63) is 47.7 Å². The predicted octanol–water partition coefficient (Wildman–Crippen LogP) is 2.95. The molecule has 2 heteroatoms. The number of benzene rings is 1. The highest BCUT2D eigenvalue weighted by Crippen LogP contribution is 2.21. The Morgan fingerprint density at radius 1 is 1.00 bits per heavy atom. The largest absolute Gasteiger partial charge is 0.399 e. The number of aromatic nitrogens is 1. The lowest BCUT2D eigenvalue weighted by Gasteiger charge is -2.04. The number of anilines is 1. The van der Waals surface area contributed by atoms with Gasteiger partial charge in [0.15, 0.2) is 0 Å². The molecule has 0 spiro atoms. The molecule has 0 fully saturated rings. The van der Waals surface area contributed by atoms with E-state index >= 15 is 0 Å². The van der Waals surface area contributed by atoms with Crippen LogP contribution in [0.3, 0.4) is 0 Å². The van der Waals surface area contributed by atoms with Gasteiger partial charge in [-0.1, -0.05) is 17.2 Å². The number of pyridine rings is 1. The van der Waals surface area contributed by atoms with E-state index < -0.39 is 0 Å². The molecule has 0 aliphatic carbocycles. The highest BCUT2D eigenvalue weighted by molar-refractivity contribution is 5.64. The molecule has 0 atom stereocenters. The average molecular weight is 198 g/mol. The Morgan fingerprint density at radius 2 is 1.67 bits per heavy atom. The molecule has 0 bridgehead atoms. The topological polar surface area (TPSA) is 38.9 Å². The molecule has 15 heavy (non-hydrogen) atoms. The Bertz CT molecular complexity index is 469. The van der Waals surface area contributed by atoms with Crippen LogP contribution in [0, 0.1) is 13.8 Å². The summed E-state index contributed by atoms with van der Waals surface area (Å²) in [4.78, 5) is 4.31. The first kappa shape index (κ1) is 9.71. The Morgan fingerprint density at radius 3 is 2.27 bits per heavy atom. The van der Waals surface area contributed by atoms with Crippen LogP contribution in [0.2, 0.25) is 0 Å². The third-order valence-electron chi connectivity index (χ3n) is 2.30. The summed E-state index contributed by atoms with van der Waals surface area (Å²) in [6.07, 6.45) is 1.74. The molecular formula is C13H14N2. The van der Waals surface area contributed by atoms with Crippen molar-refractivity contribution in [2.45, 2.75) is 13.8 Å². The zero-order valence-corrected chi connectivity index (χ0v) is 8.99. The van der Waals surface area contributed by atoms with Crippen LogP contribution in [0.4, 0.5) is 5.69 Å². The molecule has 0 saturated heterocycles. The quantitative estimate of drug-likeness (QED) is 0.765. The van der Waals surface area contributed by atoms with Crippen molar-refractivity contribution < 1.29 is 0 Å². The second-order valence-corrected chi connectivity index (χ2v) is 3.85. The lowest BCUT2D eigenvalue weighted by atomic mass is 10.0. The summed E-state index contributed by atoms with van der Waals surface area (Å²) < 4.78 is 0. The molecule has 0 radical (unpaired) electrons. The van der Waals surface area contributed by atoms with Crippen LogP contribution < -0.4 is 5.73 Å². The molecule has 0 amide bonds. The van der Waals surface area contributed by atoms with E-state index in [1.54, 1.807) is 12.3 Å². The second kappa shape index (κ2) is 3.73. The van der Waals surface area contributed by atoms with Crippen LogP contribution in [0.1, 0.15) is 11.1 Å². The number of hydrogen-bond donors (Lipinski definition) is 1. The molecule has 2 nitrogen and oxygen atoms in total. The molecule has 0 saturated carbocycles. The fourth-order valence-corrected chi connectivity index (χ4v) is 1.73. The molecule has 0 aliphatic heterocycles. The van der Waals surface area contributed by atoms with Gasteiger partial charge < -0.3 is 5.73 Å². The number of aryl methyl sites for hydroxylation is 2. The zero-order chi connectivity index (χ0) is 10.8. The summed E-state index contributed by atoms with van der Waals surface area (Å²) in [6, 6.07) is 10.1. The molecule has 2 N–H and O–H groups in total. The van der Waals surface area contributed by atoms with E-state index in [0.717, 1.165) is 16.9 Å². The summed E-state index contributed by atoms with van der Waals surface area (Å²) in [5.74, 6) is 0. The summed E-state index contributed by atoms with van der Waals surface area (Å²) in [5.41, 5.74) is 11.0. The third kappa shape index (κ3) is 2.15. The first-order valence-corrected chi connectivity index (χ1v) is 4.95. The van der Waals surface area contributed by atoms with Crippen LogP contribution in [-0.4, -0.2) is 4.98 Å². The minimum atomic E-state index is 0.749. The number of nitrogens with zero attached hydrogens (tertiary/aromatic N) is 1. The van der Waals surface area contributed by atoms with E-state index in [1.165, 1.54) is 11.1 Å². The van der Waals surface area contributed by atoms with E-state index in [0.29, 0.717) is 0 Å². The van der Waals surface area contributed by atoms with Crippen molar-refractivity contribution in [2.24, 2.45) is 0 Å². The second-order valence-electron chi connectivity index (χ2n) is 3.85. The van der Waals surface area contributed by atoms with Crippen LogP contribution in [0.25, 0.3) is 11.3 Å². The first-order chi connectivity index (χ1) is 7.15. The zero-order valence-electron chi connectivity index (χ0n) is 8.99. The van der Waals surface area contributed by atoms with Gasteiger partial charge in [-0.25, -0.2) is 0 Å². The van der Waals surface area contributed by atoms with Crippen molar-refractivity contribution in [3.63, 3.8) is 0 Å². The van der Waals surface area contributed by atoms with Gasteiger partial charge in [0.25, 0.3) is 0 Å². The van der Waals surface area contributed by atoms with E-state index in [4.69, 9.17) is 5.73 Å². The van der Waals surface area contributed by atoms with Gasteiger partial charge in [-0.05, 0) is 38.1 Å². The highest BCUT2D eigenvalue weighted by Gasteiger charge is 2.00. The van der Waals surface area contributed by atoms with Crippen LogP contribution in [-0.2, 0) is 0 Å². The number of hydrogen-bond acceptors (Lipinski definition) is 2. The van der Waals surface area contributed by atoms with Gasteiger partial charge in [0.2, 0.25) is 0 Å². The van der Waals surface area contributed by atoms with Crippen molar-refractivity contribution in [3.8, 4) is 11.3 Å². The van der Waals surface area contributed by atoms with E-state index in [9.17, 15) is 0 Å². The Kier molecular flexibility index (Phi) is 2.42. The van der Waals surface area contributed by atoms with Crippen molar-refractivity contribution in [1.29, 1.82) is 0 Å². The molecule has 1 heterocycles. The lowest BCUT2D eigenvalue weighted by molar-refractivity contribution is 1.30. The maximum atomic E-state index is 5.73. The smallest absolute Gasteiger partial charge is 0.0722 e. The van der Waals surface area contributed by atoms with Crippen molar-refractivity contribution in [2.75, 3.05) is 5.73 Å². The normalized spacial score (nSPS) is 10.3. The molecule has 2 aromatic rings. The van der Waals surface area contributed by atoms with E-state index in [2.05, 4.69) is 37.0 Å². The number of nitrogens with two attached hydrogens (primary N) is 1. The molecule has 1 aromatic carbocycles. The van der Waals surface area contributed by atoms with Gasteiger partial charge in [0, 0.05) is 17.4 Å². The Hall–Kier alpha value is -1.83. The fraction of sp³-hybridized carbons (Fsp3) is 0.154. The first-order valence-electron chi connectivity index (χ1n) is 4.95. The average Bonchev–Trinajstić information content (AvgIpc) is 2.16. The number of rotatable bonds is 1. The fourth-order valence-electron chi connectivity index (χ4n) is 1.73. The van der Waals surface area contributed by atoms with Gasteiger partial charge in [-0.3, -0.25) is 4.98 Å². The summed E-state index contributed by atoms with van der Waals surface area (Å²) in [6.45, 7) is 4.17. The standard InChI is InChI=1S/C13H14N2/c1-9-5-10(2)7-11(6-9)13-8-12(14)3-4-15-13/h3-8H,1-2H3,(H2,14,15). The Balaban J connectivity index is 2.54. The summed E-state index contributed by atoms with van der Waals surface area (Å²) in [7, 11) is 0. The molecule has 2 rings (SSSR count). The summed E-state index contributed by atoms with van der Waals surface area (Å²) in [5, 5.41) is 0. The predicted molar refractivity (Wildman–Crippen MR) is 63.6 cm³/mol. The maximum absolute atomic E-state index is 5.73. The Labute approximate surface area is 89.8 Å². The summed E-state index contributed by atoms with van der Waals surface area (Å²) >= 11 is 0. The minimum absolute atomic E-state index is 0.749. The molecule has 0 aliphatic rings. The van der Waals surface area contributed by atoms with Gasteiger partial charge in [0.1, 0.15) is 0 Å².